The summed E-state index contributed by atoms with van der Waals surface area (Å²) in [6, 6.07) is 11.9. The number of benzene rings is 1. The van der Waals surface area contributed by atoms with Gasteiger partial charge in [0.2, 0.25) is 0 Å². The number of hydrogen-bond acceptors (Lipinski definition) is 5. The summed E-state index contributed by atoms with van der Waals surface area (Å²) >= 11 is 1.72. The van der Waals surface area contributed by atoms with Crippen molar-refractivity contribution in [1.82, 2.24) is 24.6 Å². The summed E-state index contributed by atoms with van der Waals surface area (Å²) in [6.45, 7) is 5.56. The molecule has 4 aromatic rings. The van der Waals surface area contributed by atoms with Crippen molar-refractivity contribution in [2.45, 2.75) is 77.5 Å². The van der Waals surface area contributed by atoms with Crippen LogP contribution in [0.25, 0.3) is 10.2 Å². The van der Waals surface area contributed by atoms with E-state index in [1.54, 1.807) is 22.2 Å². The van der Waals surface area contributed by atoms with Crippen LogP contribution in [0.15, 0.2) is 41.5 Å². The first-order chi connectivity index (χ1) is 16.5. The Morgan fingerprint density at radius 2 is 1.88 bits per heavy atom. The number of fused-ring (bicyclic) bond motifs is 4. The van der Waals surface area contributed by atoms with E-state index in [1.165, 1.54) is 21.6 Å². The van der Waals surface area contributed by atoms with Crippen LogP contribution in [0, 0.1) is 13.8 Å². The zero-order chi connectivity index (χ0) is 23.2. The molecule has 176 valence electrons. The number of aryl methyl sites for hydroxylation is 5. The third-order valence-electron chi connectivity index (χ3n) is 7.43. The summed E-state index contributed by atoms with van der Waals surface area (Å²) in [5.41, 5.74) is 6.54. The molecule has 0 amide bonds. The molecule has 2 aliphatic rings. The van der Waals surface area contributed by atoms with E-state index in [0.29, 0.717) is 18.6 Å². The summed E-state index contributed by atoms with van der Waals surface area (Å²) in [5, 5.41) is 9.31. The minimum atomic E-state index is 0.119. The molecule has 1 atom stereocenters. The SMILES string of the molecule is Cc1cc(C)n(CCCn2cnc3sc4c(c3c2=O)CCC(NC2Cc3ccccc3C2)C4)n1. The number of thiophene rings is 1. The molecule has 7 heteroatoms. The smallest absolute Gasteiger partial charge is 0.262 e. The molecule has 0 spiro atoms. The van der Waals surface area contributed by atoms with Gasteiger partial charge in [0.25, 0.3) is 5.56 Å². The van der Waals surface area contributed by atoms with E-state index >= 15 is 0 Å². The van der Waals surface area contributed by atoms with Gasteiger partial charge in [-0.3, -0.25) is 14.0 Å². The quantitative estimate of drug-likeness (QED) is 0.460. The van der Waals surface area contributed by atoms with E-state index in [9.17, 15) is 4.79 Å². The van der Waals surface area contributed by atoms with Crippen molar-refractivity contribution in [3.05, 3.63) is 80.0 Å². The maximum absolute atomic E-state index is 13.4. The molecule has 1 aromatic carbocycles. The molecule has 0 fully saturated rings. The molecule has 0 radical (unpaired) electrons. The van der Waals surface area contributed by atoms with E-state index in [-0.39, 0.29) is 5.56 Å². The Morgan fingerprint density at radius 1 is 1.09 bits per heavy atom. The second kappa shape index (κ2) is 8.78. The van der Waals surface area contributed by atoms with Gasteiger partial charge in [-0.15, -0.1) is 11.3 Å². The van der Waals surface area contributed by atoms with Crippen molar-refractivity contribution >= 4 is 21.6 Å². The third-order valence-corrected chi connectivity index (χ3v) is 8.59. The fourth-order valence-corrected chi connectivity index (χ4v) is 7.06. The van der Waals surface area contributed by atoms with Gasteiger partial charge in [-0.1, -0.05) is 24.3 Å². The predicted molar refractivity (Wildman–Crippen MR) is 137 cm³/mol. The topological polar surface area (TPSA) is 64.7 Å². The zero-order valence-electron chi connectivity index (χ0n) is 19.9. The molecule has 34 heavy (non-hydrogen) atoms. The number of nitrogens with one attached hydrogen (secondary N) is 1. The first kappa shape index (κ1) is 21.7. The van der Waals surface area contributed by atoms with Crippen LogP contribution in [0.5, 0.6) is 0 Å². The minimum Gasteiger partial charge on any atom is -0.310 e. The largest absolute Gasteiger partial charge is 0.310 e. The van der Waals surface area contributed by atoms with Crippen molar-refractivity contribution in [1.29, 1.82) is 0 Å². The molecule has 3 heterocycles. The Bertz CT molecular complexity index is 1390. The van der Waals surface area contributed by atoms with Gasteiger partial charge in [-0.2, -0.15) is 5.10 Å². The van der Waals surface area contributed by atoms with Crippen LogP contribution >= 0.6 is 11.3 Å². The highest BCUT2D eigenvalue weighted by Gasteiger charge is 2.28. The summed E-state index contributed by atoms with van der Waals surface area (Å²) in [6.07, 6.45) is 7.87. The van der Waals surface area contributed by atoms with Gasteiger partial charge in [0, 0.05) is 35.7 Å². The molecule has 1 N–H and O–H groups in total. The Hall–Kier alpha value is -2.77. The molecule has 3 aromatic heterocycles. The van der Waals surface area contributed by atoms with Crippen molar-refractivity contribution in [3.63, 3.8) is 0 Å². The lowest BCUT2D eigenvalue weighted by atomic mass is 9.92. The molecule has 0 saturated heterocycles. The summed E-state index contributed by atoms with van der Waals surface area (Å²) in [5.74, 6) is 0. The normalized spacial score (nSPS) is 17.9. The van der Waals surface area contributed by atoms with Gasteiger partial charge in [0.05, 0.1) is 17.4 Å². The van der Waals surface area contributed by atoms with Crippen LogP contribution in [0.4, 0.5) is 0 Å². The lowest BCUT2D eigenvalue weighted by molar-refractivity contribution is 0.402. The number of rotatable bonds is 6. The highest BCUT2D eigenvalue weighted by Crippen LogP contribution is 2.34. The Labute approximate surface area is 203 Å². The van der Waals surface area contributed by atoms with Gasteiger partial charge in [-0.25, -0.2) is 4.98 Å². The van der Waals surface area contributed by atoms with Gasteiger partial charge in [0.15, 0.2) is 0 Å². The average molecular weight is 474 g/mol. The molecule has 0 saturated carbocycles. The van der Waals surface area contributed by atoms with Crippen LogP contribution < -0.4 is 10.9 Å². The molecular weight excluding hydrogens is 442 g/mol. The second-order valence-electron chi connectivity index (χ2n) is 9.91. The molecule has 6 nitrogen and oxygen atoms in total. The summed E-state index contributed by atoms with van der Waals surface area (Å²) in [7, 11) is 0. The highest BCUT2D eigenvalue weighted by molar-refractivity contribution is 7.18. The van der Waals surface area contributed by atoms with Gasteiger partial charge >= 0.3 is 0 Å². The maximum atomic E-state index is 13.4. The van der Waals surface area contributed by atoms with Gasteiger partial charge in [0.1, 0.15) is 4.83 Å². The average Bonchev–Trinajstić information content (AvgIpc) is 3.49. The number of hydrogen-bond donors (Lipinski definition) is 1. The minimum absolute atomic E-state index is 0.119. The highest BCUT2D eigenvalue weighted by atomic mass is 32.1. The van der Waals surface area contributed by atoms with E-state index in [0.717, 1.165) is 66.7 Å². The van der Waals surface area contributed by atoms with Crippen molar-refractivity contribution in [3.8, 4) is 0 Å². The predicted octanol–water partition coefficient (Wildman–Crippen LogP) is 3.98. The lowest BCUT2D eigenvalue weighted by Gasteiger charge is -2.26. The fraction of sp³-hybridized carbons (Fsp3) is 0.444. The zero-order valence-corrected chi connectivity index (χ0v) is 20.7. The van der Waals surface area contributed by atoms with Gasteiger partial charge < -0.3 is 5.32 Å². The molecule has 2 aliphatic carbocycles. The van der Waals surface area contributed by atoms with Crippen LogP contribution in [0.2, 0.25) is 0 Å². The summed E-state index contributed by atoms with van der Waals surface area (Å²) < 4.78 is 3.82. The van der Waals surface area contributed by atoms with Crippen molar-refractivity contribution < 1.29 is 0 Å². The number of aromatic nitrogens is 4. The van der Waals surface area contributed by atoms with Crippen LogP contribution in [-0.2, 0) is 38.8 Å². The molecule has 1 unspecified atom stereocenters. The van der Waals surface area contributed by atoms with Crippen LogP contribution in [-0.4, -0.2) is 31.4 Å². The molecule has 0 aliphatic heterocycles. The fourth-order valence-electron chi connectivity index (χ4n) is 5.80. The summed E-state index contributed by atoms with van der Waals surface area (Å²) in [4.78, 5) is 20.3. The standard InChI is InChI=1S/C27H31N5OS/c1-17-12-18(2)32(30-17)11-5-10-31-16-28-26-25(27(31)33)23-9-8-21(15-24(23)34-26)29-22-13-19-6-3-4-7-20(19)14-22/h3-4,6-7,12,16,21-22,29H,5,8-11,13-15H2,1-2H3. The van der Waals surface area contributed by atoms with Crippen molar-refractivity contribution in [2.75, 3.05) is 0 Å². The first-order valence-electron chi connectivity index (χ1n) is 12.4. The van der Waals surface area contributed by atoms with E-state index in [1.807, 2.05) is 11.6 Å². The van der Waals surface area contributed by atoms with E-state index in [2.05, 4.69) is 52.7 Å². The Kier molecular flexibility index (Phi) is 5.62. The first-order valence-corrected chi connectivity index (χ1v) is 13.2. The van der Waals surface area contributed by atoms with Gasteiger partial charge in [-0.05, 0) is 75.1 Å². The third kappa shape index (κ3) is 4.01. The maximum Gasteiger partial charge on any atom is 0.262 e. The lowest BCUT2D eigenvalue weighted by Crippen LogP contribution is -2.41. The second-order valence-corrected chi connectivity index (χ2v) is 11.0. The van der Waals surface area contributed by atoms with Crippen LogP contribution in [0.3, 0.4) is 0 Å². The van der Waals surface area contributed by atoms with E-state index < -0.39 is 0 Å². The Balaban J connectivity index is 1.15. The van der Waals surface area contributed by atoms with Crippen molar-refractivity contribution in [2.24, 2.45) is 0 Å². The monoisotopic (exact) mass is 473 g/mol. The van der Waals surface area contributed by atoms with Crippen LogP contribution in [0.1, 0.15) is 45.8 Å². The molecule has 0 bridgehead atoms. The molecular formula is C27H31N5OS. The molecule has 6 rings (SSSR count). The Morgan fingerprint density at radius 3 is 2.62 bits per heavy atom. The van der Waals surface area contributed by atoms with E-state index in [4.69, 9.17) is 0 Å². The number of nitrogens with zero attached hydrogens (tertiary/aromatic N) is 4.